The molecule has 8 nitrogen and oxygen atoms in total. The highest BCUT2D eigenvalue weighted by Gasteiger charge is 2.28. The van der Waals surface area contributed by atoms with Crippen LogP contribution in [0, 0.1) is 13.8 Å². The Kier molecular flexibility index (Phi) is 4.80. The molecule has 1 N–H and O–H groups in total. The minimum Gasteiger partial charge on any atom is -0.457 e. The van der Waals surface area contributed by atoms with Crippen LogP contribution in [0.5, 0.6) is 0 Å². The monoisotopic (exact) mass is 404 g/mol. The Bertz CT molecular complexity index is 1090. The van der Waals surface area contributed by atoms with Gasteiger partial charge in [0, 0.05) is 44.0 Å². The topological polar surface area (TPSA) is 85.2 Å². The van der Waals surface area contributed by atoms with Crippen molar-refractivity contribution in [1.82, 2.24) is 30.2 Å². The molecule has 2 aliphatic heterocycles. The van der Waals surface area contributed by atoms with E-state index >= 15 is 0 Å². The highest BCUT2D eigenvalue weighted by atomic mass is 16.5. The van der Waals surface area contributed by atoms with Gasteiger partial charge in [-0.1, -0.05) is 17.3 Å². The number of rotatable bonds is 4. The third-order valence-electron chi connectivity index (χ3n) is 5.90. The molecule has 2 aliphatic rings. The molecule has 4 heterocycles. The Hall–Kier alpha value is -3.10. The van der Waals surface area contributed by atoms with E-state index in [2.05, 4.69) is 44.6 Å². The Morgan fingerprint density at radius 2 is 2.13 bits per heavy atom. The van der Waals surface area contributed by atoms with Gasteiger partial charge >= 0.3 is 5.97 Å². The molecule has 0 saturated carbocycles. The number of esters is 1. The third kappa shape index (κ3) is 3.48. The Morgan fingerprint density at radius 1 is 1.23 bits per heavy atom. The number of nitrogens with one attached hydrogen (secondary N) is 1. The number of fused-ring (bicyclic) bond motifs is 1. The van der Waals surface area contributed by atoms with Crippen LogP contribution >= 0.6 is 0 Å². The first-order valence-electron chi connectivity index (χ1n) is 10.2. The number of pyridine rings is 1. The highest BCUT2D eigenvalue weighted by molar-refractivity contribution is 5.93. The number of aromatic nitrogens is 4. The van der Waals surface area contributed by atoms with Crippen LogP contribution in [0.2, 0.25) is 0 Å². The largest absolute Gasteiger partial charge is 0.457 e. The van der Waals surface area contributed by atoms with Crippen LogP contribution in [0.15, 0.2) is 36.7 Å². The van der Waals surface area contributed by atoms with Gasteiger partial charge in [-0.15, -0.1) is 5.10 Å². The summed E-state index contributed by atoms with van der Waals surface area (Å²) in [5.41, 5.74) is 6.17. The van der Waals surface area contributed by atoms with Crippen LogP contribution in [0.4, 0.5) is 0 Å². The van der Waals surface area contributed by atoms with Crippen molar-refractivity contribution >= 4 is 5.97 Å². The third-order valence-corrected chi connectivity index (χ3v) is 5.90. The first-order valence-corrected chi connectivity index (χ1v) is 10.2. The van der Waals surface area contributed by atoms with E-state index in [1.165, 1.54) is 11.1 Å². The summed E-state index contributed by atoms with van der Waals surface area (Å²) in [6.45, 7) is 8.02. The highest BCUT2D eigenvalue weighted by Crippen LogP contribution is 2.30. The van der Waals surface area contributed by atoms with E-state index in [4.69, 9.17) is 4.74 Å². The molecule has 0 bridgehead atoms. The maximum Gasteiger partial charge on any atom is 0.338 e. The predicted molar refractivity (Wildman–Crippen MR) is 110 cm³/mol. The second-order valence-electron chi connectivity index (χ2n) is 7.95. The van der Waals surface area contributed by atoms with Gasteiger partial charge in [0.1, 0.15) is 6.61 Å². The molecule has 1 saturated heterocycles. The van der Waals surface area contributed by atoms with Gasteiger partial charge in [0.15, 0.2) is 5.82 Å². The van der Waals surface area contributed by atoms with Crippen molar-refractivity contribution < 1.29 is 9.53 Å². The molecule has 3 aromatic rings. The van der Waals surface area contributed by atoms with Gasteiger partial charge in [-0.05, 0) is 42.7 Å². The average Bonchev–Trinajstić information content (AvgIpc) is 3.35. The van der Waals surface area contributed by atoms with Crippen LogP contribution in [-0.4, -0.2) is 50.5 Å². The first-order chi connectivity index (χ1) is 14.6. The average molecular weight is 404 g/mol. The number of hydrogen-bond donors (Lipinski definition) is 1. The lowest BCUT2D eigenvalue weighted by atomic mass is 9.93. The van der Waals surface area contributed by atoms with Crippen molar-refractivity contribution in [2.75, 3.05) is 19.6 Å². The number of cyclic esters (lactones) is 1. The second-order valence-corrected chi connectivity index (χ2v) is 7.95. The molecule has 30 heavy (non-hydrogen) atoms. The summed E-state index contributed by atoms with van der Waals surface area (Å²) in [7, 11) is 0. The fourth-order valence-corrected chi connectivity index (χ4v) is 4.27. The lowest BCUT2D eigenvalue weighted by Gasteiger charge is -2.34. The molecule has 1 aromatic carbocycles. The summed E-state index contributed by atoms with van der Waals surface area (Å²) in [6.07, 6.45) is 3.77. The zero-order valence-electron chi connectivity index (χ0n) is 17.1. The molecule has 0 radical (unpaired) electrons. The van der Waals surface area contributed by atoms with E-state index in [1.54, 1.807) is 4.68 Å². The standard InChI is InChI=1S/C22H24N6O2/c1-14-10-28(26-25-14)21-6-3-16(9-24-21)11-27-8-7-23-20(12-27)17-4-5-18-19(15(17)2)13-30-22(18)29/h3-6,9-10,20,23H,7-8,11-13H2,1-2H3. The van der Waals surface area contributed by atoms with Crippen LogP contribution < -0.4 is 5.32 Å². The zero-order valence-corrected chi connectivity index (χ0v) is 17.1. The van der Waals surface area contributed by atoms with Crippen LogP contribution in [0.25, 0.3) is 5.82 Å². The van der Waals surface area contributed by atoms with Gasteiger partial charge in [0.25, 0.3) is 0 Å². The SMILES string of the molecule is Cc1cn(-c2ccc(CN3CCNC(c4ccc5c(c4C)COC5=O)C3)cn2)nn1. The van der Waals surface area contributed by atoms with E-state index in [-0.39, 0.29) is 12.0 Å². The van der Waals surface area contributed by atoms with Gasteiger partial charge in [-0.2, -0.15) is 0 Å². The van der Waals surface area contributed by atoms with E-state index in [9.17, 15) is 4.79 Å². The summed E-state index contributed by atoms with van der Waals surface area (Å²) < 4.78 is 6.89. The number of hydrogen-bond acceptors (Lipinski definition) is 7. The first kappa shape index (κ1) is 18.9. The smallest absolute Gasteiger partial charge is 0.338 e. The van der Waals surface area contributed by atoms with Gasteiger partial charge in [-0.25, -0.2) is 14.5 Å². The van der Waals surface area contributed by atoms with Crippen molar-refractivity contribution in [1.29, 1.82) is 0 Å². The van der Waals surface area contributed by atoms with Gasteiger partial charge in [0.05, 0.1) is 17.5 Å². The number of benzene rings is 1. The maximum atomic E-state index is 11.8. The quantitative estimate of drug-likeness (QED) is 0.667. The Labute approximate surface area is 174 Å². The molecule has 154 valence electrons. The molecular weight excluding hydrogens is 380 g/mol. The summed E-state index contributed by atoms with van der Waals surface area (Å²) >= 11 is 0. The Morgan fingerprint density at radius 3 is 2.90 bits per heavy atom. The normalized spacial score (nSPS) is 19.0. The lowest BCUT2D eigenvalue weighted by molar-refractivity contribution is 0.0535. The molecule has 1 fully saturated rings. The van der Waals surface area contributed by atoms with Crippen molar-refractivity contribution in [3.8, 4) is 5.82 Å². The van der Waals surface area contributed by atoms with Crippen molar-refractivity contribution in [2.45, 2.75) is 33.0 Å². The predicted octanol–water partition coefficient (Wildman–Crippen LogP) is 2.10. The van der Waals surface area contributed by atoms with Gasteiger partial charge in [0.2, 0.25) is 0 Å². The molecule has 0 aliphatic carbocycles. The number of carbonyl (C=O) groups is 1. The number of carbonyl (C=O) groups excluding carboxylic acids is 1. The fourth-order valence-electron chi connectivity index (χ4n) is 4.27. The minimum absolute atomic E-state index is 0.213. The lowest BCUT2D eigenvalue weighted by Crippen LogP contribution is -2.45. The van der Waals surface area contributed by atoms with E-state index in [0.29, 0.717) is 12.2 Å². The minimum atomic E-state index is -0.213. The van der Waals surface area contributed by atoms with Crippen LogP contribution in [0.1, 0.15) is 44.3 Å². The number of aryl methyl sites for hydroxylation is 1. The molecular formula is C22H24N6O2. The maximum absolute atomic E-state index is 11.8. The molecule has 8 heteroatoms. The summed E-state index contributed by atoms with van der Waals surface area (Å²) in [5, 5.41) is 11.7. The fraction of sp³-hybridized carbons (Fsp3) is 0.364. The molecule has 0 spiro atoms. The van der Waals surface area contributed by atoms with Crippen molar-refractivity contribution in [2.24, 2.45) is 0 Å². The van der Waals surface area contributed by atoms with Gasteiger partial charge in [-0.3, -0.25) is 4.90 Å². The van der Waals surface area contributed by atoms with Gasteiger partial charge < -0.3 is 10.1 Å². The summed E-state index contributed by atoms with van der Waals surface area (Å²) in [6, 6.07) is 8.27. The molecule has 5 rings (SSSR count). The number of piperazine rings is 1. The molecule has 1 unspecified atom stereocenters. The Balaban J connectivity index is 1.29. The van der Waals surface area contributed by atoms with E-state index in [1.807, 2.05) is 31.5 Å². The van der Waals surface area contributed by atoms with E-state index in [0.717, 1.165) is 48.8 Å². The molecule has 2 aromatic heterocycles. The summed E-state index contributed by atoms with van der Waals surface area (Å²) in [4.78, 5) is 18.8. The van der Waals surface area contributed by atoms with Crippen LogP contribution in [-0.2, 0) is 17.9 Å². The second kappa shape index (κ2) is 7.62. The molecule has 0 amide bonds. The molecule has 1 atom stereocenters. The van der Waals surface area contributed by atoms with Crippen LogP contribution in [0.3, 0.4) is 0 Å². The number of nitrogens with zero attached hydrogens (tertiary/aromatic N) is 5. The number of ether oxygens (including phenoxy) is 1. The van der Waals surface area contributed by atoms with Crippen molar-refractivity contribution in [3.63, 3.8) is 0 Å². The zero-order chi connectivity index (χ0) is 20.7. The van der Waals surface area contributed by atoms with E-state index < -0.39 is 0 Å². The van der Waals surface area contributed by atoms with Crippen molar-refractivity contribution in [3.05, 3.63) is 70.2 Å². The summed E-state index contributed by atoms with van der Waals surface area (Å²) in [5.74, 6) is 0.554.